The molecule has 2 aromatic carbocycles. The van der Waals surface area contributed by atoms with Crippen molar-refractivity contribution in [1.29, 1.82) is 0 Å². The third kappa shape index (κ3) is 4.97. The molecular weight excluding hydrogens is 438 g/mol. The summed E-state index contributed by atoms with van der Waals surface area (Å²) in [5.74, 6) is -1.79. The Morgan fingerprint density at radius 1 is 1.22 bits per heavy atom. The van der Waals surface area contributed by atoms with E-state index in [1.165, 1.54) is 16.8 Å². The predicted octanol–water partition coefficient (Wildman–Crippen LogP) is 4.47. The van der Waals surface area contributed by atoms with Gasteiger partial charge in [-0.2, -0.15) is 0 Å². The molecule has 3 aromatic rings. The van der Waals surface area contributed by atoms with Gasteiger partial charge in [-0.25, -0.2) is 4.39 Å². The zero-order valence-corrected chi connectivity index (χ0v) is 16.2. The molecule has 0 saturated heterocycles. The van der Waals surface area contributed by atoms with Crippen molar-refractivity contribution < 1.29 is 36.7 Å². The maximum atomic E-state index is 14.2. The topological polar surface area (TPSA) is 88.7 Å². The van der Waals surface area contributed by atoms with E-state index in [4.69, 9.17) is 9.47 Å². The fraction of sp³-hybridized carbons (Fsp3) is 0.250. The molecule has 0 bridgehead atoms. The predicted molar refractivity (Wildman–Crippen MR) is 101 cm³/mol. The second-order valence-electron chi connectivity index (χ2n) is 6.92. The van der Waals surface area contributed by atoms with Crippen LogP contribution >= 0.6 is 0 Å². The van der Waals surface area contributed by atoms with Gasteiger partial charge in [0.25, 0.3) is 0 Å². The SMILES string of the molecule is O=[N+]([O-])c1cn2c(n1)OC[C@@H](OCc1ccc(-c3ccc(OC(F)(F)F)cc3F)cc1)C2. The number of halogens is 4. The highest BCUT2D eigenvalue weighted by Crippen LogP contribution is 2.30. The van der Waals surface area contributed by atoms with Crippen molar-refractivity contribution in [2.75, 3.05) is 6.61 Å². The number of hydrogen-bond donors (Lipinski definition) is 0. The Balaban J connectivity index is 1.37. The molecule has 0 aliphatic carbocycles. The van der Waals surface area contributed by atoms with E-state index in [9.17, 15) is 27.7 Å². The second-order valence-corrected chi connectivity index (χ2v) is 6.92. The summed E-state index contributed by atoms with van der Waals surface area (Å²) >= 11 is 0. The average molecular weight is 453 g/mol. The quantitative estimate of drug-likeness (QED) is 0.311. The molecule has 0 amide bonds. The van der Waals surface area contributed by atoms with Gasteiger partial charge in [-0.1, -0.05) is 24.3 Å². The summed E-state index contributed by atoms with van der Waals surface area (Å²) in [6.07, 6.45) is -3.97. The number of ether oxygens (including phenoxy) is 3. The summed E-state index contributed by atoms with van der Waals surface area (Å²) in [6, 6.07) is 9.74. The van der Waals surface area contributed by atoms with Gasteiger partial charge in [0.2, 0.25) is 0 Å². The summed E-state index contributed by atoms with van der Waals surface area (Å²) in [6.45, 7) is 0.733. The van der Waals surface area contributed by atoms with Gasteiger partial charge in [-0.15, -0.1) is 13.2 Å². The van der Waals surface area contributed by atoms with Crippen LogP contribution in [0.2, 0.25) is 0 Å². The van der Waals surface area contributed by atoms with Crippen molar-refractivity contribution in [3.05, 3.63) is 70.2 Å². The van der Waals surface area contributed by atoms with Crippen LogP contribution in [-0.4, -0.2) is 33.5 Å². The number of nitro groups is 1. The smallest absolute Gasteiger partial charge is 0.443 e. The van der Waals surface area contributed by atoms with Crippen LogP contribution in [0.15, 0.2) is 48.7 Å². The standard InChI is InChI=1S/C20H15F4N3O5/c21-17-7-14(32-20(22,23)24)5-6-16(17)13-3-1-12(2-4-13)10-30-15-8-26-9-18(27(28)29)25-19(26)31-11-15/h1-7,9,15H,8,10-11H2/t15-/m0/s1. The van der Waals surface area contributed by atoms with Gasteiger partial charge in [0, 0.05) is 16.6 Å². The first-order valence-electron chi connectivity index (χ1n) is 9.28. The lowest BCUT2D eigenvalue weighted by Crippen LogP contribution is -2.32. The Morgan fingerprint density at radius 2 is 1.97 bits per heavy atom. The van der Waals surface area contributed by atoms with E-state index in [1.807, 2.05) is 0 Å². The van der Waals surface area contributed by atoms with Gasteiger partial charge >= 0.3 is 18.2 Å². The van der Waals surface area contributed by atoms with Crippen molar-refractivity contribution in [2.24, 2.45) is 0 Å². The molecule has 1 aliphatic heterocycles. The number of rotatable bonds is 6. The summed E-state index contributed by atoms with van der Waals surface area (Å²) in [5.41, 5.74) is 1.37. The highest BCUT2D eigenvalue weighted by atomic mass is 19.4. The lowest BCUT2D eigenvalue weighted by molar-refractivity contribution is -0.389. The van der Waals surface area contributed by atoms with Crippen LogP contribution in [0.4, 0.5) is 23.4 Å². The van der Waals surface area contributed by atoms with Crippen LogP contribution < -0.4 is 9.47 Å². The number of benzene rings is 2. The van der Waals surface area contributed by atoms with Gasteiger partial charge in [0.05, 0.1) is 13.2 Å². The first kappa shape index (κ1) is 21.6. The molecule has 168 valence electrons. The van der Waals surface area contributed by atoms with Gasteiger partial charge in [0.1, 0.15) is 30.5 Å². The van der Waals surface area contributed by atoms with Crippen molar-refractivity contribution in [3.63, 3.8) is 0 Å². The monoisotopic (exact) mass is 453 g/mol. The van der Waals surface area contributed by atoms with E-state index in [2.05, 4.69) is 9.72 Å². The largest absolute Gasteiger partial charge is 0.573 e. The zero-order valence-electron chi connectivity index (χ0n) is 16.2. The molecule has 0 unspecified atom stereocenters. The van der Waals surface area contributed by atoms with E-state index in [0.29, 0.717) is 18.2 Å². The van der Waals surface area contributed by atoms with E-state index in [1.54, 1.807) is 24.3 Å². The Kier molecular flexibility index (Phi) is 5.70. The number of imidazole rings is 1. The molecule has 0 radical (unpaired) electrons. The number of hydrogen-bond acceptors (Lipinski definition) is 6. The highest BCUT2D eigenvalue weighted by Gasteiger charge is 2.31. The molecule has 1 aromatic heterocycles. The molecule has 0 saturated carbocycles. The summed E-state index contributed by atoms with van der Waals surface area (Å²) in [7, 11) is 0. The minimum Gasteiger partial charge on any atom is -0.443 e. The van der Waals surface area contributed by atoms with Crippen LogP contribution in [0.5, 0.6) is 11.8 Å². The zero-order chi connectivity index (χ0) is 22.9. The van der Waals surface area contributed by atoms with Crippen molar-refractivity contribution >= 4 is 5.82 Å². The molecule has 0 fully saturated rings. The minimum absolute atomic E-state index is 0.127. The van der Waals surface area contributed by atoms with Crippen LogP contribution in [-0.2, 0) is 17.9 Å². The van der Waals surface area contributed by atoms with Gasteiger partial charge in [-0.05, 0) is 28.2 Å². The number of nitrogens with zero attached hydrogens (tertiary/aromatic N) is 3. The number of aromatic nitrogens is 2. The van der Waals surface area contributed by atoms with Gasteiger partial charge in [0.15, 0.2) is 0 Å². The molecule has 4 rings (SSSR count). The van der Waals surface area contributed by atoms with E-state index in [0.717, 1.165) is 11.6 Å². The highest BCUT2D eigenvalue weighted by molar-refractivity contribution is 5.65. The van der Waals surface area contributed by atoms with Crippen molar-refractivity contribution in [3.8, 4) is 22.9 Å². The molecule has 1 atom stereocenters. The minimum atomic E-state index is -4.90. The van der Waals surface area contributed by atoms with Crippen molar-refractivity contribution in [1.82, 2.24) is 9.55 Å². The van der Waals surface area contributed by atoms with Crippen molar-refractivity contribution in [2.45, 2.75) is 25.6 Å². The molecule has 0 N–H and O–H groups in total. The normalized spacial score (nSPS) is 15.7. The first-order valence-corrected chi connectivity index (χ1v) is 9.28. The van der Waals surface area contributed by atoms with E-state index >= 15 is 0 Å². The lowest BCUT2D eigenvalue weighted by Gasteiger charge is -2.22. The van der Waals surface area contributed by atoms with E-state index in [-0.39, 0.29) is 36.7 Å². The lowest BCUT2D eigenvalue weighted by atomic mass is 10.0. The van der Waals surface area contributed by atoms with Gasteiger partial charge in [-0.3, -0.25) is 4.57 Å². The first-order chi connectivity index (χ1) is 15.2. The molecule has 12 heteroatoms. The summed E-state index contributed by atoms with van der Waals surface area (Å²) < 4.78 is 67.4. The van der Waals surface area contributed by atoms with E-state index < -0.39 is 22.9 Å². The van der Waals surface area contributed by atoms with Crippen LogP contribution in [0.3, 0.4) is 0 Å². The number of fused-ring (bicyclic) bond motifs is 1. The molecule has 2 heterocycles. The third-order valence-electron chi connectivity index (χ3n) is 4.64. The Hall–Kier alpha value is -3.67. The summed E-state index contributed by atoms with van der Waals surface area (Å²) in [5, 5.41) is 10.8. The Morgan fingerprint density at radius 3 is 2.62 bits per heavy atom. The van der Waals surface area contributed by atoms with Crippen LogP contribution in [0.25, 0.3) is 11.1 Å². The van der Waals surface area contributed by atoms with Crippen LogP contribution in [0.1, 0.15) is 5.56 Å². The maximum absolute atomic E-state index is 14.2. The average Bonchev–Trinajstić information content (AvgIpc) is 3.16. The Bertz CT molecular complexity index is 1130. The molecule has 1 aliphatic rings. The van der Waals surface area contributed by atoms with Gasteiger partial charge < -0.3 is 24.3 Å². The second kappa shape index (κ2) is 8.46. The molecular formula is C20H15F4N3O5. The molecule has 0 spiro atoms. The fourth-order valence-electron chi connectivity index (χ4n) is 3.18. The maximum Gasteiger partial charge on any atom is 0.573 e. The molecule has 8 nitrogen and oxygen atoms in total. The summed E-state index contributed by atoms with van der Waals surface area (Å²) in [4.78, 5) is 14.0. The fourth-order valence-corrected chi connectivity index (χ4v) is 3.18. The number of alkyl halides is 3. The van der Waals surface area contributed by atoms with Crippen LogP contribution in [0, 0.1) is 15.9 Å². The third-order valence-corrected chi connectivity index (χ3v) is 4.64. The molecule has 32 heavy (non-hydrogen) atoms. The Labute approximate surface area is 178 Å².